The molecule has 0 bridgehead atoms. The van der Waals surface area contributed by atoms with E-state index in [0.29, 0.717) is 0 Å². The Balaban J connectivity index is 3.56. The minimum Gasteiger partial charge on any atom is -0.503 e. The van der Waals surface area contributed by atoms with Crippen molar-refractivity contribution in [3.63, 3.8) is 0 Å². The van der Waals surface area contributed by atoms with Gasteiger partial charge in [-0.25, -0.2) is 13.2 Å². The number of halogens is 4. The molecular weight excluding hydrogens is 190 g/mol. The minimum atomic E-state index is -2.03. The highest BCUT2D eigenvalue weighted by molar-refractivity contribution is 5.57. The standard InChI is InChI=1S/C7H5F4NO/c1-12-6-4(10)2(8)3(9)5(11)7(6)13/h12-13H,1H3. The van der Waals surface area contributed by atoms with Gasteiger partial charge in [-0.05, 0) is 0 Å². The van der Waals surface area contributed by atoms with E-state index in [1.807, 2.05) is 5.32 Å². The molecule has 0 aliphatic carbocycles. The number of phenolic OH excluding ortho intramolecular Hbond substituents is 1. The fourth-order valence-corrected chi connectivity index (χ4v) is 0.848. The predicted molar refractivity (Wildman–Crippen MR) is 37.5 cm³/mol. The van der Waals surface area contributed by atoms with Crippen molar-refractivity contribution in [2.24, 2.45) is 0 Å². The Kier molecular flexibility index (Phi) is 2.31. The van der Waals surface area contributed by atoms with Crippen LogP contribution in [0.4, 0.5) is 23.2 Å². The molecular formula is C7H5F4NO. The maximum Gasteiger partial charge on any atom is 0.205 e. The summed E-state index contributed by atoms with van der Waals surface area (Å²) < 4.78 is 50.1. The molecule has 0 fully saturated rings. The molecule has 0 aliphatic heterocycles. The fourth-order valence-electron chi connectivity index (χ4n) is 0.848. The third kappa shape index (κ3) is 1.28. The minimum absolute atomic E-state index is 0.809. The van der Waals surface area contributed by atoms with Gasteiger partial charge in [0.25, 0.3) is 0 Å². The highest BCUT2D eigenvalue weighted by Gasteiger charge is 2.24. The summed E-state index contributed by atoms with van der Waals surface area (Å²) in [4.78, 5) is 0. The van der Waals surface area contributed by atoms with E-state index >= 15 is 0 Å². The Labute approximate surface area is 70.8 Å². The first-order valence-corrected chi connectivity index (χ1v) is 3.23. The van der Waals surface area contributed by atoms with E-state index in [2.05, 4.69) is 0 Å². The molecule has 1 aromatic rings. The quantitative estimate of drug-likeness (QED) is 0.311. The summed E-state index contributed by atoms with van der Waals surface area (Å²) in [7, 11) is 1.13. The largest absolute Gasteiger partial charge is 0.503 e. The van der Waals surface area contributed by atoms with E-state index < -0.39 is 34.7 Å². The molecule has 0 atom stereocenters. The molecule has 0 aliphatic rings. The number of nitrogens with one attached hydrogen (secondary N) is 1. The van der Waals surface area contributed by atoms with Crippen LogP contribution >= 0.6 is 0 Å². The number of hydrogen-bond acceptors (Lipinski definition) is 2. The van der Waals surface area contributed by atoms with Crippen LogP contribution in [0.3, 0.4) is 0 Å². The summed E-state index contributed by atoms with van der Waals surface area (Å²) in [5, 5.41) is 10.8. The highest BCUT2D eigenvalue weighted by atomic mass is 19.2. The van der Waals surface area contributed by atoms with Crippen molar-refractivity contribution >= 4 is 5.69 Å². The Bertz CT molecular complexity index is 324. The van der Waals surface area contributed by atoms with Crippen LogP contribution in [0.2, 0.25) is 0 Å². The van der Waals surface area contributed by atoms with Gasteiger partial charge in [0.2, 0.25) is 11.6 Å². The molecule has 1 rings (SSSR count). The number of phenols is 1. The monoisotopic (exact) mass is 195 g/mol. The maximum atomic E-state index is 12.7. The normalized spacial score (nSPS) is 10.2. The second-order valence-corrected chi connectivity index (χ2v) is 2.23. The van der Waals surface area contributed by atoms with Crippen LogP contribution in [-0.4, -0.2) is 12.2 Å². The first kappa shape index (κ1) is 9.63. The van der Waals surface area contributed by atoms with Gasteiger partial charge in [-0.1, -0.05) is 0 Å². The Morgan fingerprint density at radius 2 is 1.38 bits per heavy atom. The van der Waals surface area contributed by atoms with E-state index in [-0.39, 0.29) is 0 Å². The van der Waals surface area contributed by atoms with Crippen LogP contribution in [0, 0.1) is 23.3 Å². The molecule has 0 aromatic heterocycles. The van der Waals surface area contributed by atoms with Crippen LogP contribution in [-0.2, 0) is 0 Å². The number of hydrogen-bond donors (Lipinski definition) is 2. The first-order chi connectivity index (χ1) is 6.00. The molecule has 2 N–H and O–H groups in total. The Morgan fingerprint density at radius 1 is 0.923 bits per heavy atom. The van der Waals surface area contributed by atoms with Gasteiger partial charge in [0, 0.05) is 7.05 Å². The maximum absolute atomic E-state index is 12.7. The fraction of sp³-hybridized carbons (Fsp3) is 0.143. The lowest BCUT2D eigenvalue weighted by Gasteiger charge is -2.07. The van der Waals surface area contributed by atoms with E-state index in [4.69, 9.17) is 5.11 Å². The summed E-state index contributed by atoms with van der Waals surface area (Å²) >= 11 is 0. The van der Waals surface area contributed by atoms with Crippen LogP contribution in [0.1, 0.15) is 0 Å². The molecule has 0 radical (unpaired) electrons. The molecule has 0 heterocycles. The summed E-state index contributed by atoms with van der Waals surface area (Å²) in [6.45, 7) is 0. The summed E-state index contributed by atoms with van der Waals surface area (Å²) in [5.74, 6) is -8.74. The number of anilines is 1. The lowest BCUT2D eigenvalue weighted by molar-refractivity contribution is 0.368. The van der Waals surface area contributed by atoms with Crippen molar-refractivity contribution in [1.29, 1.82) is 0 Å². The van der Waals surface area contributed by atoms with Crippen molar-refractivity contribution in [1.82, 2.24) is 0 Å². The molecule has 72 valence electrons. The summed E-state index contributed by atoms with van der Waals surface area (Å²) in [5.41, 5.74) is -0.809. The van der Waals surface area contributed by atoms with Gasteiger partial charge in [0.05, 0.1) is 0 Å². The van der Waals surface area contributed by atoms with Gasteiger partial charge >= 0.3 is 0 Å². The number of aromatic hydroxyl groups is 1. The predicted octanol–water partition coefficient (Wildman–Crippen LogP) is 1.99. The van der Waals surface area contributed by atoms with Gasteiger partial charge in [0.1, 0.15) is 5.69 Å². The molecule has 0 saturated heterocycles. The highest BCUT2D eigenvalue weighted by Crippen LogP contribution is 2.33. The second-order valence-electron chi connectivity index (χ2n) is 2.23. The molecule has 0 spiro atoms. The Morgan fingerprint density at radius 3 is 1.85 bits per heavy atom. The van der Waals surface area contributed by atoms with Gasteiger partial charge in [0.15, 0.2) is 17.4 Å². The van der Waals surface area contributed by atoms with Crippen molar-refractivity contribution < 1.29 is 22.7 Å². The third-order valence-corrected chi connectivity index (χ3v) is 1.49. The third-order valence-electron chi connectivity index (χ3n) is 1.49. The molecule has 2 nitrogen and oxygen atoms in total. The van der Waals surface area contributed by atoms with Crippen molar-refractivity contribution in [3.05, 3.63) is 23.3 Å². The van der Waals surface area contributed by atoms with Crippen molar-refractivity contribution in [2.75, 3.05) is 12.4 Å². The lowest BCUT2D eigenvalue weighted by Crippen LogP contribution is -2.02. The second kappa shape index (κ2) is 3.12. The number of rotatable bonds is 1. The molecule has 0 amide bonds. The SMILES string of the molecule is CNc1c(O)c(F)c(F)c(F)c1F. The molecule has 1 aromatic carbocycles. The zero-order valence-electron chi connectivity index (χ0n) is 6.46. The molecule has 13 heavy (non-hydrogen) atoms. The lowest BCUT2D eigenvalue weighted by atomic mass is 10.2. The van der Waals surface area contributed by atoms with Gasteiger partial charge < -0.3 is 10.4 Å². The van der Waals surface area contributed by atoms with Gasteiger partial charge in [-0.15, -0.1) is 0 Å². The van der Waals surface area contributed by atoms with E-state index in [9.17, 15) is 17.6 Å². The topological polar surface area (TPSA) is 32.3 Å². The smallest absolute Gasteiger partial charge is 0.205 e. The zero-order valence-corrected chi connectivity index (χ0v) is 6.46. The number of benzene rings is 1. The van der Waals surface area contributed by atoms with E-state index in [1.54, 1.807) is 0 Å². The van der Waals surface area contributed by atoms with Gasteiger partial charge in [-0.3, -0.25) is 0 Å². The molecule has 0 unspecified atom stereocenters. The summed E-state index contributed by atoms with van der Waals surface area (Å²) in [6.07, 6.45) is 0. The van der Waals surface area contributed by atoms with E-state index in [0.717, 1.165) is 7.05 Å². The first-order valence-electron chi connectivity index (χ1n) is 3.23. The van der Waals surface area contributed by atoms with Crippen LogP contribution < -0.4 is 5.32 Å². The summed E-state index contributed by atoms with van der Waals surface area (Å²) in [6, 6.07) is 0. The van der Waals surface area contributed by atoms with Crippen LogP contribution in [0.15, 0.2) is 0 Å². The van der Waals surface area contributed by atoms with Crippen LogP contribution in [0.25, 0.3) is 0 Å². The molecule has 0 saturated carbocycles. The Hall–Kier alpha value is -1.46. The van der Waals surface area contributed by atoms with Crippen LogP contribution in [0.5, 0.6) is 5.75 Å². The van der Waals surface area contributed by atoms with Crippen molar-refractivity contribution in [2.45, 2.75) is 0 Å². The average Bonchev–Trinajstić information content (AvgIpc) is 2.13. The van der Waals surface area contributed by atoms with Crippen molar-refractivity contribution in [3.8, 4) is 5.75 Å². The average molecular weight is 195 g/mol. The van der Waals surface area contributed by atoms with Gasteiger partial charge in [-0.2, -0.15) is 4.39 Å². The zero-order chi connectivity index (χ0) is 10.2. The van der Waals surface area contributed by atoms with E-state index in [1.165, 1.54) is 0 Å². The molecule has 6 heteroatoms.